The van der Waals surface area contributed by atoms with Gasteiger partial charge in [-0.15, -0.1) is 0 Å². The van der Waals surface area contributed by atoms with Crippen molar-refractivity contribution in [3.05, 3.63) is 64.7 Å². The van der Waals surface area contributed by atoms with Crippen molar-refractivity contribution in [1.82, 2.24) is 24.5 Å². The number of benzene rings is 2. The first-order valence-corrected chi connectivity index (χ1v) is 19.7. The van der Waals surface area contributed by atoms with Crippen LogP contribution in [-0.2, 0) is 23.8 Å². The molecule has 3 saturated heterocycles. The van der Waals surface area contributed by atoms with Gasteiger partial charge < -0.3 is 24.9 Å². The van der Waals surface area contributed by atoms with E-state index < -0.39 is 0 Å². The third-order valence-electron chi connectivity index (χ3n) is 13.3. The molecule has 0 bridgehead atoms. The first kappa shape index (κ1) is 35.0. The summed E-state index contributed by atoms with van der Waals surface area (Å²) in [5.41, 5.74) is 7.43. The molecule has 1 aliphatic carbocycles. The Morgan fingerprint density at radius 3 is 2.16 bits per heavy atom. The standard InChI is InChI=1S/C42H64N6O/c1-41(2)17-18-42(3,4)38-29-32(10-11-37(38)41)28-33(30-46-22-13-35(14-23-46)47-26-24-44(5)25-27-47)12-19-45-20-15-36(16-21-45)48-31-34-8-6-7-9-39(34)43-40(48)49/h6-11,29,33,35-36H,12-28,30-31H2,1-5H3,(H,43,49). The van der Waals surface area contributed by atoms with E-state index in [0.29, 0.717) is 12.0 Å². The van der Waals surface area contributed by atoms with Gasteiger partial charge in [-0.05, 0) is 123 Å². The molecule has 0 spiro atoms. The number of carbonyl (C=O) groups is 1. The summed E-state index contributed by atoms with van der Waals surface area (Å²) in [4.78, 5) is 25.8. The second-order valence-electron chi connectivity index (χ2n) is 17.7. The molecule has 268 valence electrons. The second kappa shape index (κ2) is 14.7. The lowest BCUT2D eigenvalue weighted by atomic mass is 9.63. The lowest BCUT2D eigenvalue weighted by Crippen LogP contribution is -2.52. The summed E-state index contributed by atoms with van der Waals surface area (Å²) in [6.45, 7) is 22.5. The van der Waals surface area contributed by atoms with Crippen LogP contribution in [0.5, 0.6) is 0 Å². The van der Waals surface area contributed by atoms with E-state index in [0.717, 1.165) is 50.7 Å². The van der Waals surface area contributed by atoms with Gasteiger partial charge in [-0.25, -0.2) is 4.79 Å². The van der Waals surface area contributed by atoms with Crippen LogP contribution in [0.1, 0.15) is 94.9 Å². The summed E-state index contributed by atoms with van der Waals surface area (Å²) in [6.07, 6.45) is 9.72. The summed E-state index contributed by atoms with van der Waals surface area (Å²) < 4.78 is 0. The van der Waals surface area contributed by atoms with Gasteiger partial charge >= 0.3 is 6.03 Å². The van der Waals surface area contributed by atoms with Crippen molar-refractivity contribution < 1.29 is 4.79 Å². The Labute approximate surface area is 297 Å². The zero-order chi connectivity index (χ0) is 34.2. The maximum Gasteiger partial charge on any atom is 0.322 e. The molecule has 0 aromatic heterocycles. The monoisotopic (exact) mass is 669 g/mol. The van der Waals surface area contributed by atoms with Crippen molar-refractivity contribution in [1.29, 1.82) is 0 Å². The maximum absolute atomic E-state index is 13.0. The number of para-hydroxylation sites is 1. The molecule has 4 heterocycles. The van der Waals surface area contributed by atoms with Crippen LogP contribution in [0.25, 0.3) is 0 Å². The Bertz CT molecular complexity index is 1430. The van der Waals surface area contributed by atoms with Crippen LogP contribution in [0.4, 0.5) is 10.5 Å². The van der Waals surface area contributed by atoms with E-state index in [4.69, 9.17) is 0 Å². The molecule has 0 saturated carbocycles. The molecular weight excluding hydrogens is 605 g/mol. The van der Waals surface area contributed by atoms with Crippen LogP contribution in [0.2, 0.25) is 0 Å². The minimum absolute atomic E-state index is 0.0743. The molecule has 4 aliphatic heterocycles. The van der Waals surface area contributed by atoms with Gasteiger partial charge in [-0.2, -0.15) is 0 Å². The zero-order valence-corrected chi connectivity index (χ0v) is 31.4. The van der Waals surface area contributed by atoms with Crippen LogP contribution in [0.15, 0.2) is 42.5 Å². The molecule has 2 amide bonds. The molecule has 2 aromatic rings. The fraction of sp³-hybridized carbons (Fsp3) is 0.690. The fourth-order valence-corrected chi connectivity index (χ4v) is 9.71. The number of nitrogens with zero attached hydrogens (tertiary/aromatic N) is 5. The fourth-order valence-electron chi connectivity index (χ4n) is 9.71. The van der Waals surface area contributed by atoms with Crippen LogP contribution in [-0.4, -0.2) is 115 Å². The van der Waals surface area contributed by atoms with Gasteiger partial charge in [-0.1, -0.05) is 64.1 Å². The molecule has 7 heteroatoms. The smallest absolute Gasteiger partial charge is 0.317 e. The summed E-state index contributed by atoms with van der Waals surface area (Å²) in [6, 6.07) is 17.0. The number of piperidine rings is 2. The average Bonchev–Trinajstić information content (AvgIpc) is 3.10. The molecule has 3 fully saturated rings. The number of amides is 2. The highest BCUT2D eigenvalue weighted by atomic mass is 16.2. The largest absolute Gasteiger partial charge is 0.322 e. The Kier molecular flexibility index (Phi) is 10.5. The van der Waals surface area contributed by atoms with Crippen molar-refractivity contribution in [3.8, 4) is 0 Å². The Morgan fingerprint density at radius 2 is 1.43 bits per heavy atom. The van der Waals surface area contributed by atoms with Gasteiger partial charge in [0.05, 0.1) is 0 Å². The Balaban J connectivity index is 0.981. The highest BCUT2D eigenvalue weighted by Crippen LogP contribution is 2.46. The summed E-state index contributed by atoms with van der Waals surface area (Å²) in [7, 11) is 2.26. The molecule has 49 heavy (non-hydrogen) atoms. The first-order chi connectivity index (χ1) is 23.5. The van der Waals surface area contributed by atoms with Crippen LogP contribution >= 0.6 is 0 Å². The van der Waals surface area contributed by atoms with E-state index >= 15 is 0 Å². The third kappa shape index (κ3) is 8.06. The number of nitrogens with one attached hydrogen (secondary N) is 1. The predicted molar refractivity (Wildman–Crippen MR) is 203 cm³/mol. The molecule has 0 radical (unpaired) electrons. The molecule has 1 unspecified atom stereocenters. The normalized spacial score (nSPS) is 25.1. The highest BCUT2D eigenvalue weighted by Gasteiger charge is 2.37. The van der Waals surface area contributed by atoms with Crippen LogP contribution < -0.4 is 5.32 Å². The maximum atomic E-state index is 13.0. The third-order valence-corrected chi connectivity index (χ3v) is 13.3. The molecule has 1 N–H and O–H groups in total. The molecular formula is C42H64N6O. The van der Waals surface area contributed by atoms with Gasteiger partial charge in [0.1, 0.15) is 0 Å². The van der Waals surface area contributed by atoms with E-state index in [2.05, 4.69) is 94.9 Å². The van der Waals surface area contributed by atoms with Gasteiger partial charge in [-0.3, -0.25) is 4.90 Å². The van der Waals surface area contributed by atoms with E-state index in [9.17, 15) is 4.79 Å². The number of hydrogen-bond acceptors (Lipinski definition) is 5. The molecule has 1 atom stereocenters. The van der Waals surface area contributed by atoms with E-state index in [1.165, 1.54) is 95.5 Å². The van der Waals surface area contributed by atoms with Gasteiger partial charge in [0.2, 0.25) is 0 Å². The van der Waals surface area contributed by atoms with Crippen molar-refractivity contribution in [2.45, 2.75) is 109 Å². The van der Waals surface area contributed by atoms with Gasteiger partial charge in [0.25, 0.3) is 0 Å². The van der Waals surface area contributed by atoms with Gasteiger partial charge in [0, 0.05) is 70.1 Å². The lowest BCUT2D eigenvalue weighted by molar-refractivity contribution is 0.0613. The SMILES string of the molecule is CN1CCN(C2CCN(CC(CCN3CCC(N4Cc5ccccc5NC4=O)CC3)Cc3ccc4c(c3)C(C)(C)CCC4(C)C)CC2)CC1. The predicted octanol–water partition coefficient (Wildman–Crippen LogP) is 6.81. The van der Waals surface area contributed by atoms with E-state index in [1.54, 1.807) is 11.1 Å². The first-order valence-electron chi connectivity index (χ1n) is 19.7. The number of likely N-dealkylation sites (N-methyl/N-ethyl adjacent to an activating group) is 1. The molecule has 2 aromatic carbocycles. The number of hydrogen-bond donors (Lipinski definition) is 1. The van der Waals surface area contributed by atoms with E-state index in [-0.39, 0.29) is 16.9 Å². The van der Waals surface area contributed by atoms with Crippen molar-refractivity contribution >= 4 is 11.7 Å². The minimum Gasteiger partial charge on any atom is -0.317 e. The lowest BCUT2D eigenvalue weighted by Gasteiger charge is -2.43. The number of fused-ring (bicyclic) bond motifs is 2. The number of rotatable bonds is 9. The number of carbonyl (C=O) groups excluding carboxylic acids is 1. The Hall–Kier alpha value is -2.45. The number of piperazine rings is 1. The zero-order valence-electron chi connectivity index (χ0n) is 31.4. The van der Waals surface area contributed by atoms with Crippen molar-refractivity contribution in [2.75, 3.05) is 77.8 Å². The van der Waals surface area contributed by atoms with Gasteiger partial charge in [0.15, 0.2) is 0 Å². The van der Waals surface area contributed by atoms with Crippen LogP contribution in [0.3, 0.4) is 0 Å². The molecule has 5 aliphatic rings. The molecule has 7 nitrogen and oxygen atoms in total. The van der Waals surface area contributed by atoms with Crippen molar-refractivity contribution in [3.63, 3.8) is 0 Å². The van der Waals surface area contributed by atoms with E-state index in [1.807, 2.05) is 12.1 Å². The quantitative estimate of drug-likeness (QED) is 0.318. The molecule has 7 rings (SSSR count). The Morgan fingerprint density at radius 1 is 0.776 bits per heavy atom. The summed E-state index contributed by atoms with van der Waals surface area (Å²) in [5, 5.41) is 3.14. The van der Waals surface area contributed by atoms with Crippen molar-refractivity contribution in [2.24, 2.45) is 5.92 Å². The number of anilines is 1. The second-order valence-corrected chi connectivity index (χ2v) is 17.7. The highest BCUT2D eigenvalue weighted by molar-refractivity contribution is 5.92. The number of likely N-dealkylation sites (tertiary alicyclic amines) is 2. The summed E-state index contributed by atoms with van der Waals surface area (Å²) >= 11 is 0. The topological polar surface area (TPSA) is 45.3 Å². The summed E-state index contributed by atoms with van der Waals surface area (Å²) in [5.74, 6) is 0.653. The average molecular weight is 669 g/mol. The number of urea groups is 1. The minimum atomic E-state index is 0.0743. The van der Waals surface area contributed by atoms with Crippen LogP contribution in [0, 0.1) is 5.92 Å².